The molecule has 2 aromatic carbocycles. The Morgan fingerprint density at radius 3 is 2.03 bits per heavy atom. The molecule has 1 saturated carbocycles. The van der Waals surface area contributed by atoms with Crippen molar-refractivity contribution >= 4 is 12.1 Å². The summed E-state index contributed by atoms with van der Waals surface area (Å²) < 4.78 is 37.2. The van der Waals surface area contributed by atoms with Crippen molar-refractivity contribution in [3.05, 3.63) is 59.7 Å². The number of benzene rings is 2. The van der Waals surface area contributed by atoms with Crippen molar-refractivity contribution in [2.75, 3.05) is 13.2 Å². The Kier molecular flexibility index (Phi) is 9.14. The number of alkyl carbamates (subject to hydrolysis) is 1. The number of hydrogen-bond donors (Lipinski definition) is 2. The molecule has 1 atom stereocenters. The van der Waals surface area contributed by atoms with Gasteiger partial charge in [-0.2, -0.15) is 13.2 Å². The van der Waals surface area contributed by atoms with Crippen LogP contribution in [0.2, 0.25) is 0 Å². The number of aliphatic carboxylic acids is 1. The van der Waals surface area contributed by atoms with Crippen molar-refractivity contribution in [3.63, 3.8) is 0 Å². The van der Waals surface area contributed by atoms with E-state index in [-0.39, 0.29) is 18.1 Å². The second kappa shape index (κ2) is 12.1. The molecule has 35 heavy (non-hydrogen) atoms. The van der Waals surface area contributed by atoms with E-state index in [4.69, 9.17) is 14.6 Å². The van der Waals surface area contributed by atoms with E-state index in [0.717, 1.165) is 12.3 Å². The zero-order chi connectivity index (χ0) is 25.4. The summed E-state index contributed by atoms with van der Waals surface area (Å²) in [5.41, 5.74) is 9.21. The Hall–Kier alpha value is -3.07. The number of nitrogens with one attached hydrogen (secondary N) is 1. The SMILES string of the molecule is O=C([O-])C(F)(F)F.[NH3+][C@@H](CNC(=O)OCC1c2ccccc2-c2ccccc21)CC1CCCCC1. The van der Waals surface area contributed by atoms with Crippen molar-refractivity contribution in [2.24, 2.45) is 5.92 Å². The molecule has 1 amide bonds. The molecule has 1 fully saturated rings. The number of halogens is 3. The van der Waals surface area contributed by atoms with Crippen LogP contribution in [0.5, 0.6) is 0 Å². The minimum Gasteiger partial charge on any atom is -0.542 e. The quantitative estimate of drug-likeness (QED) is 0.645. The van der Waals surface area contributed by atoms with Crippen molar-refractivity contribution < 1.29 is 38.3 Å². The molecule has 0 aromatic heterocycles. The molecule has 6 nitrogen and oxygen atoms in total. The number of amides is 1. The zero-order valence-electron chi connectivity index (χ0n) is 19.5. The summed E-state index contributed by atoms with van der Waals surface area (Å²) in [6.45, 7) is 0.956. The highest BCUT2D eigenvalue weighted by molar-refractivity contribution is 5.79. The Morgan fingerprint density at radius 2 is 1.51 bits per heavy atom. The van der Waals surface area contributed by atoms with Crippen LogP contribution in [-0.4, -0.2) is 37.4 Å². The molecular formula is C26H31F3N2O4. The van der Waals surface area contributed by atoms with Crippen LogP contribution < -0.4 is 16.2 Å². The summed E-state index contributed by atoms with van der Waals surface area (Å²) in [4.78, 5) is 21.0. The molecule has 4 N–H and O–H groups in total. The zero-order valence-corrected chi connectivity index (χ0v) is 19.5. The summed E-state index contributed by atoms with van der Waals surface area (Å²) >= 11 is 0. The van der Waals surface area contributed by atoms with Gasteiger partial charge in [-0.3, -0.25) is 0 Å². The highest BCUT2D eigenvalue weighted by Crippen LogP contribution is 2.44. The van der Waals surface area contributed by atoms with E-state index in [9.17, 15) is 18.0 Å². The predicted octanol–water partition coefficient (Wildman–Crippen LogP) is 3.40. The third kappa shape index (κ3) is 7.45. The average Bonchev–Trinajstić information content (AvgIpc) is 3.15. The minimum atomic E-state index is -5.19. The number of rotatable bonds is 6. The van der Waals surface area contributed by atoms with Gasteiger partial charge in [0.2, 0.25) is 0 Å². The van der Waals surface area contributed by atoms with Crippen LogP contribution in [0.4, 0.5) is 18.0 Å². The van der Waals surface area contributed by atoms with Crippen molar-refractivity contribution in [2.45, 2.75) is 56.7 Å². The first-order valence-corrected chi connectivity index (χ1v) is 11.9. The Labute approximate surface area is 202 Å². The maximum absolute atomic E-state index is 12.3. The third-order valence-electron chi connectivity index (χ3n) is 6.50. The molecule has 0 spiro atoms. The number of alkyl halides is 3. The van der Waals surface area contributed by atoms with Gasteiger partial charge in [0.1, 0.15) is 18.6 Å². The van der Waals surface area contributed by atoms with E-state index in [2.05, 4.69) is 59.6 Å². The summed E-state index contributed by atoms with van der Waals surface area (Å²) in [7, 11) is 0. The van der Waals surface area contributed by atoms with E-state index in [1.165, 1.54) is 54.4 Å². The monoisotopic (exact) mass is 492 g/mol. The fraction of sp³-hybridized carbons (Fsp3) is 0.462. The van der Waals surface area contributed by atoms with Gasteiger partial charge in [0.05, 0.1) is 6.54 Å². The highest BCUT2D eigenvalue weighted by atomic mass is 19.4. The normalized spacial score (nSPS) is 16.3. The Balaban J connectivity index is 0.000000429. The molecule has 0 radical (unpaired) electrons. The molecule has 2 aromatic rings. The Bertz CT molecular complexity index is 961. The van der Waals surface area contributed by atoms with Gasteiger partial charge in [-0.05, 0) is 28.2 Å². The molecule has 190 valence electrons. The lowest BCUT2D eigenvalue weighted by Gasteiger charge is -2.23. The number of hydrogen-bond acceptors (Lipinski definition) is 4. The van der Waals surface area contributed by atoms with Gasteiger partial charge in [-0.1, -0.05) is 80.6 Å². The van der Waals surface area contributed by atoms with Crippen molar-refractivity contribution in [1.29, 1.82) is 0 Å². The molecule has 0 unspecified atom stereocenters. The van der Waals surface area contributed by atoms with E-state index in [1.54, 1.807) is 0 Å². The molecule has 0 aliphatic heterocycles. The molecular weight excluding hydrogens is 461 g/mol. The fourth-order valence-electron chi connectivity index (χ4n) is 4.85. The van der Waals surface area contributed by atoms with Gasteiger partial charge < -0.3 is 25.7 Å². The fourth-order valence-corrected chi connectivity index (χ4v) is 4.85. The average molecular weight is 493 g/mol. The van der Waals surface area contributed by atoms with Crippen LogP contribution in [0.1, 0.15) is 55.6 Å². The van der Waals surface area contributed by atoms with E-state index in [0.29, 0.717) is 13.2 Å². The number of carboxylic acid groups (broad SMARTS) is 1. The molecule has 0 saturated heterocycles. The van der Waals surface area contributed by atoms with E-state index in [1.807, 2.05) is 0 Å². The molecule has 2 aliphatic rings. The van der Waals surface area contributed by atoms with Crippen LogP contribution >= 0.6 is 0 Å². The molecule has 2 aliphatic carbocycles. The van der Waals surface area contributed by atoms with Gasteiger partial charge in [-0.25, -0.2) is 4.79 Å². The smallest absolute Gasteiger partial charge is 0.430 e. The van der Waals surface area contributed by atoms with Crippen LogP contribution in [0, 0.1) is 5.92 Å². The standard InChI is InChI=1S/C24H30N2O2.C2HF3O2/c25-18(14-17-8-2-1-3-9-17)15-26-24(27)28-16-23-21-12-6-4-10-19(21)20-11-5-7-13-22(20)23;3-2(4,5)1(6)7/h4-7,10-13,17-18,23H,1-3,8-9,14-16,25H2,(H,26,27);(H,6,7)/t18-;/m1./s1. The number of quaternary nitrogens is 1. The van der Waals surface area contributed by atoms with Crippen LogP contribution in [0.3, 0.4) is 0 Å². The van der Waals surface area contributed by atoms with Gasteiger partial charge in [0.15, 0.2) is 0 Å². The molecule has 0 bridgehead atoms. The second-order valence-corrected chi connectivity index (χ2v) is 9.10. The van der Waals surface area contributed by atoms with Gasteiger partial charge in [0, 0.05) is 12.3 Å². The summed E-state index contributed by atoms with van der Waals surface area (Å²) in [6.07, 6.45) is 2.27. The largest absolute Gasteiger partial charge is 0.542 e. The lowest BCUT2D eigenvalue weighted by atomic mass is 9.85. The minimum absolute atomic E-state index is 0.107. The van der Waals surface area contributed by atoms with Gasteiger partial charge in [0.25, 0.3) is 0 Å². The van der Waals surface area contributed by atoms with E-state index < -0.39 is 12.1 Å². The van der Waals surface area contributed by atoms with Crippen molar-refractivity contribution in [3.8, 4) is 11.1 Å². The lowest BCUT2D eigenvalue weighted by molar-refractivity contribution is -0.420. The topological polar surface area (TPSA) is 106 Å². The number of carbonyl (C=O) groups excluding carboxylic acids is 2. The number of carboxylic acids is 1. The van der Waals surface area contributed by atoms with E-state index >= 15 is 0 Å². The molecule has 9 heteroatoms. The van der Waals surface area contributed by atoms with Crippen LogP contribution in [0.15, 0.2) is 48.5 Å². The summed E-state index contributed by atoms with van der Waals surface area (Å²) in [5, 5.41) is 11.7. The van der Waals surface area contributed by atoms with Gasteiger partial charge in [-0.15, -0.1) is 0 Å². The maximum atomic E-state index is 12.3. The predicted molar refractivity (Wildman–Crippen MR) is 122 cm³/mol. The highest BCUT2D eigenvalue weighted by Gasteiger charge is 2.30. The first-order valence-electron chi connectivity index (χ1n) is 11.9. The first-order chi connectivity index (χ1) is 16.7. The number of ether oxygens (including phenoxy) is 1. The summed E-state index contributed by atoms with van der Waals surface area (Å²) in [5.74, 6) is -2.12. The second-order valence-electron chi connectivity index (χ2n) is 9.10. The maximum Gasteiger partial charge on any atom is 0.430 e. The molecule has 0 heterocycles. The Morgan fingerprint density at radius 1 is 1.00 bits per heavy atom. The summed E-state index contributed by atoms with van der Waals surface area (Å²) in [6, 6.07) is 17.0. The first kappa shape index (κ1) is 26.5. The van der Waals surface area contributed by atoms with Gasteiger partial charge >= 0.3 is 12.3 Å². The van der Waals surface area contributed by atoms with Crippen LogP contribution in [-0.2, 0) is 9.53 Å². The van der Waals surface area contributed by atoms with Crippen LogP contribution in [0.25, 0.3) is 11.1 Å². The molecule has 4 rings (SSSR count). The number of carbonyl (C=O) groups is 2. The third-order valence-corrected chi connectivity index (χ3v) is 6.50. The number of fused-ring (bicyclic) bond motifs is 3. The lowest BCUT2D eigenvalue weighted by Crippen LogP contribution is -2.65. The van der Waals surface area contributed by atoms with Crippen molar-refractivity contribution in [1.82, 2.24) is 5.32 Å².